The van der Waals surface area contributed by atoms with Crippen molar-refractivity contribution in [1.29, 1.82) is 5.41 Å². The number of aliphatic hydroxyl groups is 1. The first-order chi connectivity index (χ1) is 16.0. The normalized spacial score (nSPS) is 13.9. The van der Waals surface area contributed by atoms with Crippen LogP contribution in [0.2, 0.25) is 10.0 Å². The van der Waals surface area contributed by atoms with E-state index in [0.29, 0.717) is 10.5 Å². The van der Waals surface area contributed by atoms with E-state index in [1.807, 2.05) is 0 Å². The van der Waals surface area contributed by atoms with Gasteiger partial charge >= 0.3 is 12.4 Å². The van der Waals surface area contributed by atoms with Crippen molar-refractivity contribution >= 4 is 46.6 Å². The van der Waals surface area contributed by atoms with E-state index in [2.05, 4.69) is 0 Å². The van der Waals surface area contributed by atoms with Crippen molar-refractivity contribution in [3.63, 3.8) is 0 Å². The molecule has 192 valence electrons. The number of rotatable bonds is 9. The molecule has 0 fully saturated rings. The summed E-state index contributed by atoms with van der Waals surface area (Å²) in [5.74, 6) is -1.10. The molecule has 0 heterocycles. The number of carbonyl (C=O) groups is 1. The van der Waals surface area contributed by atoms with Crippen LogP contribution in [0, 0.1) is 12.3 Å². The van der Waals surface area contributed by atoms with Crippen molar-refractivity contribution in [2.45, 2.75) is 42.6 Å². The lowest BCUT2D eigenvalue weighted by molar-refractivity contribution is -0.177. The highest BCUT2D eigenvalue weighted by molar-refractivity contribution is 8.00. The maximum atomic E-state index is 13.3. The Labute approximate surface area is 211 Å². The summed E-state index contributed by atoms with van der Waals surface area (Å²) < 4.78 is 76.4. The van der Waals surface area contributed by atoms with Gasteiger partial charge in [0.05, 0.1) is 12.2 Å². The first-order valence-corrected chi connectivity index (χ1v) is 11.6. The predicted molar refractivity (Wildman–Crippen MR) is 123 cm³/mol. The van der Waals surface area contributed by atoms with Crippen molar-refractivity contribution in [2.24, 2.45) is 0 Å². The van der Waals surface area contributed by atoms with E-state index in [1.165, 1.54) is 24.3 Å². The second kappa shape index (κ2) is 11.4. The van der Waals surface area contributed by atoms with Gasteiger partial charge in [-0.25, -0.2) is 0 Å². The van der Waals surface area contributed by atoms with Crippen molar-refractivity contribution in [3.05, 3.63) is 63.1 Å². The highest BCUT2D eigenvalue weighted by Crippen LogP contribution is 2.40. The minimum atomic E-state index is -4.76. The van der Waals surface area contributed by atoms with Gasteiger partial charge < -0.3 is 15.8 Å². The van der Waals surface area contributed by atoms with Crippen LogP contribution < -0.4 is 5.32 Å². The molecule has 3 N–H and O–H groups in total. The zero-order valence-electron chi connectivity index (χ0n) is 18.1. The highest BCUT2D eigenvalue weighted by atomic mass is 35.5. The summed E-state index contributed by atoms with van der Waals surface area (Å²) >= 11 is 12.8. The molecule has 0 saturated carbocycles. The summed E-state index contributed by atoms with van der Waals surface area (Å²) in [5.41, 5.74) is -2.23. The number of carbonyl (C=O) groups excluding carboxylic acids is 1. The van der Waals surface area contributed by atoms with E-state index in [9.17, 15) is 36.2 Å². The van der Waals surface area contributed by atoms with E-state index in [4.69, 9.17) is 28.6 Å². The fourth-order valence-electron chi connectivity index (χ4n) is 3.21. The summed E-state index contributed by atoms with van der Waals surface area (Å²) in [6, 6.07) is 8.01. The molecule has 0 aliphatic carbocycles. The van der Waals surface area contributed by atoms with Crippen LogP contribution in [0.25, 0.3) is 0 Å². The lowest BCUT2D eigenvalue weighted by Crippen LogP contribution is -2.35. The summed E-state index contributed by atoms with van der Waals surface area (Å²) in [5, 5.41) is 21.1. The summed E-state index contributed by atoms with van der Waals surface area (Å²) in [6.45, 7) is 0.172. The van der Waals surface area contributed by atoms with Gasteiger partial charge in [-0.15, -0.1) is 11.8 Å². The lowest BCUT2D eigenvalue weighted by atomic mass is 9.83. The fraction of sp³-hybridized carbons (Fsp3) is 0.364. The molecule has 1 atom stereocenters. The van der Waals surface area contributed by atoms with Gasteiger partial charge in [0.15, 0.2) is 0 Å². The molecule has 1 amide bonds. The molecule has 0 aliphatic heterocycles. The number of aryl methyl sites for hydroxylation is 1. The van der Waals surface area contributed by atoms with Crippen LogP contribution in [-0.2, 0) is 10.4 Å². The number of amides is 1. The van der Waals surface area contributed by atoms with E-state index in [0.717, 1.165) is 23.9 Å². The standard InChI is InChI=1S/C22H20Cl2F6N2O2S/c1-12-4-13(2-3-18(12)35-9-19(33)32-11-22(28,29)30)17(31)8-20(34,10-21(25,26)27)14-5-15(23)7-16(24)6-14/h2-7,31,34H,8-11H2,1H3,(H,32,33)/t20-/m1/s1. The summed E-state index contributed by atoms with van der Waals surface area (Å²) in [6.07, 6.45) is -11.6. The number of hydrogen-bond donors (Lipinski definition) is 3. The largest absolute Gasteiger partial charge is 0.405 e. The molecule has 0 unspecified atom stereocenters. The SMILES string of the molecule is Cc1cc(C(=N)C[C@@](O)(CC(F)(F)F)c2cc(Cl)cc(Cl)c2)ccc1SCC(=O)NCC(F)(F)F. The third-order valence-electron chi connectivity index (χ3n) is 4.73. The first-order valence-electron chi connectivity index (χ1n) is 9.88. The van der Waals surface area contributed by atoms with Gasteiger partial charge in [0, 0.05) is 27.1 Å². The molecule has 0 aromatic heterocycles. The van der Waals surface area contributed by atoms with Gasteiger partial charge in [0.25, 0.3) is 0 Å². The molecule has 2 aromatic carbocycles. The van der Waals surface area contributed by atoms with Crippen molar-refractivity contribution in [1.82, 2.24) is 5.32 Å². The number of hydrogen-bond acceptors (Lipinski definition) is 4. The third-order valence-corrected chi connectivity index (χ3v) is 6.34. The maximum Gasteiger partial charge on any atom is 0.405 e. The van der Waals surface area contributed by atoms with Crippen LogP contribution in [0.3, 0.4) is 0 Å². The minimum Gasteiger partial charge on any atom is -0.384 e. The molecule has 0 spiro atoms. The highest BCUT2D eigenvalue weighted by Gasteiger charge is 2.43. The second-order valence-electron chi connectivity index (χ2n) is 7.80. The Balaban J connectivity index is 2.18. The zero-order valence-corrected chi connectivity index (χ0v) is 20.4. The Morgan fingerprint density at radius 1 is 1.03 bits per heavy atom. The average Bonchev–Trinajstić information content (AvgIpc) is 2.68. The van der Waals surface area contributed by atoms with Gasteiger partial charge in [0.1, 0.15) is 12.1 Å². The molecule has 13 heteroatoms. The van der Waals surface area contributed by atoms with Crippen LogP contribution in [0.5, 0.6) is 0 Å². The molecular weight excluding hydrogens is 541 g/mol. The van der Waals surface area contributed by atoms with Gasteiger partial charge in [-0.1, -0.05) is 29.3 Å². The predicted octanol–water partition coefficient (Wildman–Crippen LogP) is 6.67. The number of thioether (sulfide) groups is 1. The van der Waals surface area contributed by atoms with E-state index < -0.39 is 43.2 Å². The van der Waals surface area contributed by atoms with Gasteiger partial charge in [-0.2, -0.15) is 26.3 Å². The Kier molecular flexibility index (Phi) is 9.54. The quantitative estimate of drug-likeness (QED) is 0.182. The topological polar surface area (TPSA) is 73.2 Å². The molecule has 0 bridgehead atoms. The number of alkyl halides is 6. The van der Waals surface area contributed by atoms with Crippen molar-refractivity contribution in [3.8, 4) is 0 Å². The molecule has 2 aromatic rings. The van der Waals surface area contributed by atoms with Crippen LogP contribution in [0.4, 0.5) is 26.3 Å². The first kappa shape index (κ1) is 29.3. The van der Waals surface area contributed by atoms with E-state index in [1.54, 1.807) is 12.2 Å². The van der Waals surface area contributed by atoms with Crippen molar-refractivity contribution in [2.75, 3.05) is 12.3 Å². The van der Waals surface area contributed by atoms with Crippen LogP contribution in [0.15, 0.2) is 41.3 Å². The Morgan fingerprint density at radius 3 is 2.14 bits per heavy atom. The molecule has 0 saturated heterocycles. The Hall–Kier alpha value is -1.95. The summed E-state index contributed by atoms with van der Waals surface area (Å²) in [4.78, 5) is 12.1. The molecule has 35 heavy (non-hydrogen) atoms. The van der Waals surface area contributed by atoms with Crippen LogP contribution in [-0.4, -0.2) is 41.4 Å². The second-order valence-corrected chi connectivity index (χ2v) is 9.69. The smallest absolute Gasteiger partial charge is 0.384 e. The molecule has 2 rings (SSSR count). The van der Waals surface area contributed by atoms with Gasteiger partial charge in [0.2, 0.25) is 5.91 Å². The van der Waals surface area contributed by atoms with Gasteiger partial charge in [-0.05, 0) is 53.9 Å². The number of nitrogens with one attached hydrogen (secondary N) is 2. The van der Waals surface area contributed by atoms with Crippen LogP contribution >= 0.6 is 35.0 Å². The molecule has 4 nitrogen and oxygen atoms in total. The number of halogens is 8. The van der Waals surface area contributed by atoms with E-state index in [-0.39, 0.29) is 32.6 Å². The molecular formula is C22H20Cl2F6N2O2S. The van der Waals surface area contributed by atoms with E-state index >= 15 is 0 Å². The minimum absolute atomic E-state index is 0.0242. The fourth-order valence-corrected chi connectivity index (χ4v) is 4.57. The maximum absolute atomic E-state index is 13.3. The Morgan fingerprint density at radius 2 is 1.63 bits per heavy atom. The third kappa shape index (κ3) is 9.55. The lowest BCUT2D eigenvalue weighted by Gasteiger charge is -2.30. The summed E-state index contributed by atoms with van der Waals surface area (Å²) in [7, 11) is 0. The van der Waals surface area contributed by atoms with Crippen LogP contribution in [0.1, 0.15) is 29.5 Å². The average molecular weight is 561 g/mol. The Bertz CT molecular complexity index is 1070. The monoisotopic (exact) mass is 560 g/mol. The van der Waals surface area contributed by atoms with Gasteiger partial charge in [-0.3, -0.25) is 4.79 Å². The zero-order chi connectivity index (χ0) is 26.6. The molecule has 0 aliphatic rings. The molecule has 0 radical (unpaired) electrons. The van der Waals surface area contributed by atoms with Crippen molar-refractivity contribution < 1.29 is 36.2 Å². The number of benzene rings is 2.